The van der Waals surface area contributed by atoms with E-state index in [1.165, 1.54) is 25.0 Å². The van der Waals surface area contributed by atoms with Crippen molar-refractivity contribution in [2.45, 2.75) is 31.0 Å². The van der Waals surface area contributed by atoms with Gasteiger partial charge in [-0.2, -0.15) is 9.13 Å². The van der Waals surface area contributed by atoms with Crippen LogP contribution in [0.1, 0.15) is 12.6 Å². The lowest BCUT2D eigenvalue weighted by Gasteiger charge is -2.18. The van der Waals surface area contributed by atoms with Crippen LogP contribution in [0.15, 0.2) is 15.9 Å². The molecule has 1 aromatic heterocycles. The van der Waals surface area contributed by atoms with E-state index >= 15 is 0 Å². The number of ether oxygens (including phenoxy) is 1. The predicted molar refractivity (Wildman–Crippen MR) is 88.4 cm³/mol. The molecule has 0 spiro atoms. The Morgan fingerprint density at radius 1 is 1.35 bits per heavy atom. The standard InChI is InChI=1S/C14H25N3O5P/c1-15-8-17(14(21)16(2)13(15)20)12-11(19)10(18)9(22-12)6-7-23(3,4)5/h8-12,18-19H,3,6-7H2,1-2,4-5H3/q+1/t9-,10-,11-,12-/m1/s1. The highest BCUT2D eigenvalue weighted by Gasteiger charge is 2.46. The molecule has 0 radical (unpaired) electrons. The normalized spacial score (nSPS) is 28.3. The molecule has 23 heavy (non-hydrogen) atoms. The Labute approximate surface area is 134 Å². The zero-order valence-electron chi connectivity index (χ0n) is 13.9. The van der Waals surface area contributed by atoms with Crippen LogP contribution in [0.5, 0.6) is 0 Å². The van der Waals surface area contributed by atoms with Gasteiger partial charge in [-0.05, 0) is 25.9 Å². The Bertz CT molecular complexity index is 750. The fraction of sp³-hybridized carbons (Fsp3) is 0.714. The summed E-state index contributed by atoms with van der Waals surface area (Å²) in [6.07, 6.45) is 2.87. The van der Waals surface area contributed by atoms with Gasteiger partial charge >= 0.3 is 11.4 Å². The number of rotatable bonds is 4. The van der Waals surface area contributed by atoms with Gasteiger partial charge in [0.05, 0.1) is 20.2 Å². The largest absolute Gasteiger partial charge is 0.450 e. The van der Waals surface area contributed by atoms with Gasteiger partial charge in [-0.25, -0.2) is 14.2 Å². The second-order valence-corrected chi connectivity index (χ2v) is 11.1. The Morgan fingerprint density at radius 3 is 2.52 bits per heavy atom. The maximum atomic E-state index is 12.2. The van der Waals surface area contributed by atoms with E-state index in [0.717, 1.165) is 15.3 Å². The molecule has 0 unspecified atom stereocenters. The summed E-state index contributed by atoms with van der Waals surface area (Å²) in [5, 5.41) is 20.4. The zero-order valence-corrected chi connectivity index (χ0v) is 14.8. The molecule has 0 aliphatic carbocycles. The van der Waals surface area contributed by atoms with E-state index in [0.29, 0.717) is 6.42 Å². The summed E-state index contributed by atoms with van der Waals surface area (Å²) in [5.41, 5.74) is -1.07. The van der Waals surface area contributed by atoms with Crippen molar-refractivity contribution in [2.75, 3.05) is 19.5 Å². The number of aromatic nitrogens is 3. The Kier molecular flexibility index (Phi) is 5.01. The molecule has 0 aromatic carbocycles. The maximum absolute atomic E-state index is 12.2. The maximum Gasteiger partial charge on any atom is 0.450 e. The van der Waals surface area contributed by atoms with Gasteiger partial charge in [-0.15, -0.1) is 13.2 Å². The van der Waals surface area contributed by atoms with Crippen molar-refractivity contribution < 1.29 is 19.5 Å². The number of aryl methyl sites for hydroxylation is 1. The third-order valence-corrected chi connectivity index (χ3v) is 5.49. The molecular formula is C14H25N3O5P+. The summed E-state index contributed by atoms with van der Waals surface area (Å²) in [5.74, 6) is 0. The molecule has 0 saturated carbocycles. The molecule has 1 fully saturated rings. The molecule has 130 valence electrons. The molecule has 1 aromatic rings. The quantitative estimate of drug-likeness (QED) is 0.490. The average molecular weight is 346 g/mol. The third-order valence-electron chi connectivity index (χ3n) is 4.02. The highest BCUT2D eigenvalue weighted by Crippen LogP contribution is 2.39. The number of aliphatic hydroxyl groups excluding tert-OH is 2. The molecule has 1 saturated heterocycles. The SMILES string of the molecule is C=P(C)(C)CC[C@H]1O[C@@H](n2c[n+](C)c(=O)n(C)c2=O)[C@H](O)[C@@H]1O. The van der Waals surface area contributed by atoms with Crippen LogP contribution >= 0.6 is 6.89 Å². The number of nitrogens with zero attached hydrogens (tertiary/aromatic N) is 3. The fourth-order valence-corrected chi connectivity index (χ4v) is 3.58. The molecule has 2 rings (SSSR count). The lowest BCUT2D eigenvalue weighted by molar-refractivity contribution is -0.696. The fourth-order valence-electron chi connectivity index (χ4n) is 2.63. The predicted octanol–water partition coefficient (Wildman–Crippen LogP) is -1.91. The van der Waals surface area contributed by atoms with Gasteiger partial charge in [0.1, 0.15) is 12.2 Å². The summed E-state index contributed by atoms with van der Waals surface area (Å²) >= 11 is 0. The minimum absolute atomic E-state index is 0.473. The van der Waals surface area contributed by atoms with Crippen molar-refractivity contribution in [3.63, 3.8) is 0 Å². The van der Waals surface area contributed by atoms with Gasteiger partial charge in [0.15, 0.2) is 0 Å². The van der Waals surface area contributed by atoms with E-state index in [9.17, 15) is 19.8 Å². The molecule has 1 aliphatic heterocycles. The molecule has 0 amide bonds. The smallest absolute Gasteiger partial charge is 0.387 e. The second-order valence-electron chi connectivity index (χ2n) is 6.75. The lowest BCUT2D eigenvalue weighted by Crippen LogP contribution is -2.58. The van der Waals surface area contributed by atoms with Gasteiger partial charge in [-0.3, -0.25) is 0 Å². The molecule has 4 atom stereocenters. The summed E-state index contributed by atoms with van der Waals surface area (Å²) in [6.45, 7) is 2.89. The highest BCUT2D eigenvalue weighted by molar-refractivity contribution is 7.72. The van der Waals surface area contributed by atoms with Crippen molar-refractivity contribution in [2.24, 2.45) is 14.1 Å². The van der Waals surface area contributed by atoms with E-state index in [4.69, 9.17) is 4.74 Å². The van der Waals surface area contributed by atoms with Gasteiger partial charge < -0.3 is 14.9 Å². The van der Waals surface area contributed by atoms with E-state index in [1.54, 1.807) is 0 Å². The minimum atomic E-state index is -1.28. The number of hydrogen-bond donors (Lipinski definition) is 2. The van der Waals surface area contributed by atoms with Gasteiger partial charge in [0.25, 0.3) is 0 Å². The topological polar surface area (TPSA) is 97.6 Å². The van der Waals surface area contributed by atoms with Crippen LogP contribution in [0.4, 0.5) is 0 Å². The lowest BCUT2D eigenvalue weighted by atomic mass is 10.1. The zero-order chi connectivity index (χ0) is 17.5. The number of aliphatic hydroxyl groups is 2. The Morgan fingerprint density at radius 2 is 1.96 bits per heavy atom. The van der Waals surface area contributed by atoms with Crippen LogP contribution in [0.25, 0.3) is 0 Å². The van der Waals surface area contributed by atoms with Gasteiger partial charge in [-0.1, -0.05) is 0 Å². The first-order valence-electron chi connectivity index (χ1n) is 7.39. The van der Waals surface area contributed by atoms with Crippen molar-refractivity contribution in [3.8, 4) is 0 Å². The van der Waals surface area contributed by atoms with Crippen molar-refractivity contribution in [1.29, 1.82) is 0 Å². The van der Waals surface area contributed by atoms with Crippen molar-refractivity contribution in [1.82, 2.24) is 9.13 Å². The van der Waals surface area contributed by atoms with Gasteiger partial charge in [0, 0.05) is 0 Å². The molecule has 1 aliphatic rings. The van der Waals surface area contributed by atoms with E-state index in [1.807, 2.05) is 0 Å². The van der Waals surface area contributed by atoms with E-state index in [2.05, 4.69) is 19.6 Å². The second kappa shape index (κ2) is 6.36. The molecule has 2 heterocycles. The highest BCUT2D eigenvalue weighted by atomic mass is 31.2. The first kappa shape index (κ1) is 18.1. The van der Waals surface area contributed by atoms with Gasteiger partial charge in [0.2, 0.25) is 12.6 Å². The first-order chi connectivity index (χ1) is 10.5. The molecule has 8 nitrogen and oxygen atoms in total. The Balaban J connectivity index is 2.30. The molecule has 0 bridgehead atoms. The van der Waals surface area contributed by atoms with Crippen LogP contribution in [0.2, 0.25) is 0 Å². The van der Waals surface area contributed by atoms with E-state index in [-0.39, 0.29) is 0 Å². The summed E-state index contributed by atoms with van der Waals surface area (Å²) in [7, 11) is 2.86. The van der Waals surface area contributed by atoms with Crippen LogP contribution in [-0.2, 0) is 18.8 Å². The molecular weight excluding hydrogens is 321 g/mol. The molecule has 2 N–H and O–H groups in total. The van der Waals surface area contributed by atoms with Crippen LogP contribution < -0.4 is 15.9 Å². The monoisotopic (exact) mass is 346 g/mol. The third kappa shape index (κ3) is 3.66. The number of hydrogen-bond acceptors (Lipinski definition) is 5. The van der Waals surface area contributed by atoms with Crippen molar-refractivity contribution >= 4 is 13.2 Å². The van der Waals surface area contributed by atoms with E-state index < -0.39 is 42.8 Å². The Hall–Kier alpha value is -1.21. The molecule has 9 heteroatoms. The minimum Gasteiger partial charge on any atom is -0.387 e. The summed E-state index contributed by atoms with van der Waals surface area (Å²) in [6, 6.07) is 0. The first-order valence-corrected chi connectivity index (χ1v) is 10.4. The van der Waals surface area contributed by atoms with Crippen LogP contribution in [-0.4, -0.2) is 63.5 Å². The summed E-state index contributed by atoms with van der Waals surface area (Å²) < 4.78 is 9.02. The van der Waals surface area contributed by atoms with Crippen LogP contribution in [0.3, 0.4) is 0 Å². The van der Waals surface area contributed by atoms with Crippen molar-refractivity contribution in [3.05, 3.63) is 27.3 Å². The summed E-state index contributed by atoms with van der Waals surface area (Å²) in [4.78, 5) is 24.0. The van der Waals surface area contributed by atoms with Crippen LogP contribution in [0, 0.1) is 0 Å². The average Bonchev–Trinajstić information content (AvgIpc) is 2.74.